The van der Waals surface area contributed by atoms with Crippen LogP contribution in [0, 0.1) is 5.92 Å². The Morgan fingerprint density at radius 3 is 1.96 bits per heavy atom. The van der Waals surface area contributed by atoms with E-state index in [1.807, 2.05) is 0 Å². The number of ketones is 1. The number of hydrogen-bond donors (Lipinski definition) is 1. The molecule has 0 saturated heterocycles. The summed E-state index contributed by atoms with van der Waals surface area (Å²) >= 11 is 0. The van der Waals surface area contributed by atoms with E-state index in [4.69, 9.17) is 9.57 Å². The number of ether oxygens (including phenoxy) is 1. The topological polar surface area (TPSA) is 64.6 Å². The molecule has 28 heavy (non-hydrogen) atoms. The van der Waals surface area contributed by atoms with Gasteiger partial charge in [0.15, 0.2) is 0 Å². The normalized spacial score (nSPS) is 12.1. The van der Waals surface area contributed by atoms with Crippen molar-refractivity contribution in [3.05, 3.63) is 0 Å². The highest BCUT2D eigenvalue weighted by molar-refractivity contribution is 5.75. The van der Waals surface area contributed by atoms with Crippen molar-refractivity contribution in [2.24, 2.45) is 5.92 Å². The highest BCUT2D eigenvalue weighted by Gasteiger charge is 2.15. The average molecular weight is 400 g/mol. The van der Waals surface area contributed by atoms with Crippen molar-refractivity contribution in [2.75, 3.05) is 19.8 Å². The Morgan fingerprint density at radius 1 is 0.786 bits per heavy atom. The van der Waals surface area contributed by atoms with E-state index in [1.54, 1.807) is 6.92 Å². The number of carbonyl (C=O) groups excluding carboxylic acids is 2. The molecule has 1 atom stereocenters. The largest absolute Gasteiger partial charge is 0.465 e. The van der Waals surface area contributed by atoms with Crippen LogP contribution in [0.2, 0.25) is 0 Å². The fraction of sp³-hybridized carbons (Fsp3) is 0.913. The SMILES string of the molecule is CCCCCCCCNOCC(COC(=O)CCCCCCCC)CC(C)=O. The van der Waals surface area contributed by atoms with Gasteiger partial charge in [0.25, 0.3) is 0 Å². The molecular formula is C23H45NO4. The molecule has 0 amide bonds. The van der Waals surface area contributed by atoms with Crippen molar-refractivity contribution in [1.82, 2.24) is 5.48 Å². The van der Waals surface area contributed by atoms with E-state index < -0.39 is 0 Å². The molecule has 0 saturated carbocycles. The predicted octanol–water partition coefficient (Wildman–Crippen LogP) is 5.76. The lowest BCUT2D eigenvalue weighted by molar-refractivity contribution is -0.147. The zero-order valence-electron chi connectivity index (χ0n) is 18.7. The van der Waals surface area contributed by atoms with Crippen LogP contribution < -0.4 is 5.48 Å². The third-order valence-corrected chi connectivity index (χ3v) is 4.84. The van der Waals surface area contributed by atoms with Crippen LogP contribution >= 0.6 is 0 Å². The smallest absolute Gasteiger partial charge is 0.305 e. The number of hydrogen-bond acceptors (Lipinski definition) is 5. The summed E-state index contributed by atoms with van der Waals surface area (Å²) in [6.07, 6.45) is 15.2. The Bertz CT molecular complexity index is 374. The maximum absolute atomic E-state index is 11.9. The van der Waals surface area contributed by atoms with E-state index in [-0.39, 0.29) is 24.3 Å². The van der Waals surface area contributed by atoms with Gasteiger partial charge < -0.3 is 14.4 Å². The van der Waals surface area contributed by atoms with Gasteiger partial charge in [-0.3, -0.25) is 4.79 Å². The molecule has 0 rings (SSSR count). The van der Waals surface area contributed by atoms with Crippen LogP contribution in [0.1, 0.15) is 111 Å². The summed E-state index contributed by atoms with van der Waals surface area (Å²) in [5.41, 5.74) is 2.97. The average Bonchev–Trinajstić information content (AvgIpc) is 2.67. The Morgan fingerprint density at radius 2 is 1.36 bits per heavy atom. The zero-order valence-corrected chi connectivity index (χ0v) is 18.7. The second-order valence-electron chi connectivity index (χ2n) is 7.95. The minimum absolute atomic E-state index is 0.0805. The summed E-state index contributed by atoms with van der Waals surface area (Å²) in [6, 6.07) is 0. The first-order valence-corrected chi connectivity index (χ1v) is 11.6. The van der Waals surface area contributed by atoms with Gasteiger partial charge in [0.2, 0.25) is 0 Å². The monoisotopic (exact) mass is 399 g/mol. The Balaban J connectivity index is 3.77. The molecule has 0 aliphatic rings. The van der Waals surface area contributed by atoms with Gasteiger partial charge in [-0.2, -0.15) is 0 Å². The number of hydroxylamine groups is 1. The van der Waals surface area contributed by atoms with E-state index in [0.29, 0.717) is 19.4 Å². The molecule has 0 aliphatic carbocycles. The summed E-state index contributed by atoms with van der Waals surface area (Å²) in [5.74, 6) is -0.149. The highest BCUT2D eigenvalue weighted by atomic mass is 16.6. The molecule has 0 bridgehead atoms. The molecule has 0 aromatic heterocycles. The van der Waals surface area contributed by atoms with Crippen LogP contribution in [0.25, 0.3) is 0 Å². The molecule has 5 nitrogen and oxygen atoms in total. The molecule has 0 aromatic rings. The van der Waals surface area contributed by atoms with Crippen LogP contribution in [-0.2, 0) is 19.2 Å². The molecule has 0 aromatic carbocycles. The summed E-state index contributed by atoms with van der Waals surface area (Å²) in [4.78, 5) is 28.8. The molecule has 166 valence electrons. The number of Topliss-reactive ketones (excluding diaryl/α,β-unsaturated/α-hetero) is 1. The van der Waals surface area contributed by atoms with E-state index in [9.17, 15) is 9.59 Å². The number of nitrogens with one attached hydrogen (secondary N) is 1. The molecule has 0 fully saturated rings. The van der Waals surface area contributed by atoms with Gasteiger partial charge in [0.05, 0.1) is 13.2 Å². The lowest BCUT2D eigenvalue weighted by Gasteiger charge is -2.16. The van der Waals surface area contributed by atoms with Crippen LogP contribution in [0.5, 0.6) is 0 Å². The summed E-state index contributed by atoms with van der Waals surface area (Å²) in [6.45, 7) is 7.44. The zero-order chi connectivity index (χ0) is 20.9. The maximum Gasteiger partial charge on any atom is 0.305 e. The molecule has 1 unspecified atom stereocenters. The Labute approximate surface area is 173 Å². The second-order valence-corrected chi connectivity index (χ2v) is 7.95. The van der Waals surface area contributed by atoms with E-state index in [1.165, 1.54) is 57.8 Å². The van der Waals surface area contributed by atoms with Crippen molar-refractivity contribution in [3.63, 3.8) is 0 Å². The standard InChI is InChI=1S/C23H45NO4/c1-4-6-8-10-12-14-16-23(26)27-19-22(18-21(3)25)20-28-24-17-15-13-11-9-7-5-2/h22,24H,4-20H2,1-3H3. The first kappa shape index (κ1) is 27.1. The maximum atomic E-state index is 11.9. The number of rotatable bonds is 21. The molecule has 1 N–H and O–H groups in total. The fourth-order valence-electron chi connectivity index (χ4n) is 3.13. The van der Waals surface area contributed by atoms with Crippen LogP contribution in [-0.4, -0.2) is 31.5 Å². The van der Waals surface area contributed by atoms with Gasteiger partial charge in [0.1, 0.15) is 5.78 Å². The molecule has 0 heterocycles. The van der Waals surface area contributed by atoms with Crippen LogP contribution in [0.3, 0.4) is 0 Å². The third kappa shape index (κ3) is 19.8. The van der Waals surface area contributed by atoms with E-state index >= 15 is 0 Å². The molecule has 0 radical (unpaired) electrons. The lowest BCUT2D eigenvalue weighted by Crippen LogP contribution is -2.26. The predicted molar refractivity (Wildman–Crippen MR) is 115 cm³/mol. The number of unbranched alkanes of at least 4 members (excludes halogenated alkanes) is 10. The summed E-state index contributed by atoms with van der Waals surface area (Å²) in [7, 11) is 0. The van der Waals surface area contributed by atoms with E-state index in [2.05, 4.69) is 19.3 Å². The lowest BCUT2D eigenvalue weighted by atomic mass is 10.1. The summed E-state index contributed by atoms with van der Waals surface area (Å²) in [5, 5.41) is 0. The minimum Gasteiger partial charge on any atom is -0.465 e. The van der Waals surface area contributed by atoms with Crippen molar-refractivity contribution in [2.45, 2.75) is 111 Å². The summed E-state index contributed by atoms with van der Waals surface area (Å²) < 4.78 is 5.37. The van der Waals surface area contributed by atoms with Gasteiger partial charge in [0, 0.05) is 25.3 Å². The van der Waals surface area contributed by atoms with Crippen molar-refractivity contribution in [1.29, 1.82) is 0 Å². The van der Waals surface area contributed by atoms with Gasteiger partial charge >= 0.3 is 5.97 Å². The Hall–Kier alpha value is -0.940. The number of carbonyl (C=O) groups is 2. The molecule has 5 heteroatoms. The third-order valence-electron chi connectivity index (χ3n) is 4.84. The first-order chi connectivity index (χ1) is 13.6. The molecule has 0 aliphatic heterocycles. The second kappa shape index (κ2) is 20.8. The quantitative estimate of drug-likeness (QED) is 0.151. The van der Waals surface area contributed by atoms with Crippen molar-refractivity contribution in [3.8, 4) is 0 Å². The fourth-order valence-corrected chi connectivity index (χ4v) is 3.13. The molecular weight excluding hydrogens is 354 g/mol. The number of esters is 1. The van der Waals surface area contributed by atoms with Gasteiger partial charge in [-0.25, -0.2) is 5.48 Å². The van der Waals surface area contributed by atoms with E-state index in [0.717, 1.165) is 25.8 Å². The highest BCUT2D eigenvalue weighted by Crippen LogP contribution is 2.10. The van der Waals surface area contributed by atoms with Crippen molar-refractivity contribution >= 4 is 11.8 Å². The van der Waals surface area contributed by atoms with Crippen molar-refractivity contribution < 1.29 is 19.2 Å². The minimum atomic E-state index is -0.163. The van der Waals surface area contributed by atoms with Gasteiger partial charge in [-0.1, -0.05) is 78.1 Å². The van der Waals surface area contributed by atoms with Crippen LogP contribution in [0.4, 0.5) is 0 Å². The van der Waals surface area contributed by atoms with Crippen LogP contribution in [0.15, 0.2) is 0 Å². The van der Waals surface area contributed by atoms with Gasteiger partial charge in [-0.15, -0.1) is 0 Å². The Kier molecular flexibility index (Phi) is 20.1. The van der Waals surface area contributed by atoms with Gasteiger partial charge in [-0.05, 0) is 19.8 Å². The molecule has 0 spiro atoms. The first-order valence-electron chi connectivity index (χ1n) is 11.6.